The Morgan fingerprint density at radius 2 is 2.07 bits per heavy atom. The summed E-state index contributed by atoms with van der Waals surface area (Å²) in [6, 6.07) is 5.15. The summed E-state index contributed by atoms with van der Waals surface area (Å²) in [5.41, 5.74) is 0.346. The Morgan fingerprint density at radius 1 is 1.33 bits per heavy atom. The van der Waals surface area contributed by atoms with Gasteiger partial charge in [-0.1, -0.05) is 23.9 Å². The molecule has 0 bridgehead atoms. The Kier molecular flexibility index (Phi) is 6.41. The molecule has 1 aromatic rings. The number of imide groups is 1. The Bertz CT molecular complexity index is 1020. The van der Waals surface area contributed by atoms with Crippen LogP contribution in [-0.2, 0) is 29.1 Å². The first kappa shape index (κ1) is 21.8. The molecule has 0 aliphatic carbocycles. The van der Waals surface area contributed by atoms with E-state index in [1.165, 1.54) is 13.0 Å². The summed E-state index contributed by atoms with van der Waals surface area (Å²) in [5, 5.41) is 2.08. The highest BCUT2D eigenvalue weighted by molar-refractivity contribution is 8.14. The number of sulfonamides is 1. The minimum Gasteiger partial charge on any atom is -0.454 e. The molecular weight excluding hydrogens is 436 g/mol. The van der Waals surface area contributed by atoms with Crippen molar-refractivity contribution in [3.8, 4) is 0 Å². The fourth-order valence-electron chi connectivity index (χ4n) is 2.69. The van der Waals surface area contributed by atoms with E-state index in [4.69, 9.17) is 4.74 Å². The van der Waals surface area contributed by atoms with Gasteiger partial charge >= 0.3 is 5.97 Å². The van der Waals surface area contributed by atoms with Gasteiger partial charge in [-0.2, -0.15) is 0 Å². The monoisotopic (exact) mass is 454 g/mol. The average molecular weight is 454 g/mol. The number of benzene rings is 1. The number of carbonyl (C=O) groups is 4. The van der Waals surface area contributed by atoms with E-state index >= 15 is 0 Å². The van der Waals surface area contributed by atoms with E-state index in [1.54, 1.807) is 18.2 Å². The smallest absolute Gasteiger partial charge is 0.331 e. The molecule has 2 aliphatic rings. The van der Waals surface area contributed by atoms with E-state index in [-0.39, 0.29) is 40.7 Å². The van der Waals surface area contributed by atoms with Crippen molar-refractivity contribution in [1.29, 1.82) is 0 Å². The van der Waals surface area contributed by atoms with Crippen LogP contribution in [0, 0.1) is 0 Å². The first-order valence-electron chi connectivity index (χ1n) is 8.79. The number of nitrogens with zero attached hydrogens (tertiary/aromatic N) is 2. The quantitative estimate of drug-likeness (QED) is 0.522. The normalized spacial score (nSPS) is 19.4. The van der Waals surface area contributed by atoms with Crippen molar-refractivity contribution in [2.75, 3.05) is 25.4 Å². The summed E-state index contributed by atoms with van der Waals surface area (Å²) in [5.74, 6) is -1.63. The molecule has 0 aromatic heterocycles. The highest BCUT2D eigenvalue weighted by atomic mass is 32.2. The largest absolute Gasteiger partial charge is 0.454 e. The third kappa shape index (κ3) is 4.79. The minimum absolute atomic E-state index is 0.0253. The molecule has 1 atom stereocenters. The molecule has 0 saturated carbocycles. The number of thioether (sulfide) groups is 1. The van der Waals surface area contributed by atoms with Gasteiger partial charge in [0, 0.05) is 18.7 Å². The van der Waals surface area contributed by atoms with Gasteiger partial charge in [-0.15, -0.1) is 0 Å². The topological polar surface area (TPSA) is 151 Å². The molecule has 30 heavy (non-hydrogen) atoms. The summed E-state index contributed by atoms with van der Waals surface area (Å²) >= 11 is 0.898. The van der Waals surface area contributed by atoms with Crippen molar-refractivity contribution in [3.05, 3.63) is 29.8 Å². The molecule has 1 aromatic carbocycles. The fourth-order valence-corrected chi connectivity index (χ4v) is 4.68. The molecule has 1 saturated heterocycles. The maximum absolute atomic E-state index is 12.1. The molecule has 2 N–H and O–H groups in total. The SMILES string of the molecule is CC(N=C1NS(=O)(=O)c2ccccc21)C(=O)OCC(=O)NCCN1C(=O)CSC1=O. The summed E-state index contributed by atoms with van der Waals surface area (Å²) in [6.07, 6.45) is 0. The van der Waals surface area contributed by atoms with Crippen LogP contribution in [0.1, 0.15) is 12.5 Å². The second kappa shape index (κ2) is 8.83. The van der Waals surface area contributed by atoms with Gasteiger partial charge in [-0.25, -0.2) is 13.2 Å². The number of fused-ring (bicyclic) bond motifs is 1. The number of rotatable bonds is 7. The Labute approximate surface area is 176 Å². The van der Waals surface area contributed by atoms with Crippen molar-refractivity contribution >= 4 is 50.6 Å². The number of ether oxygens (including phenoxy) is 1. The Balaban J connectivity index is 1.48. The van der Waals surface area contributed by atoms with Crippen molar-refractivity contribution in [2.45, 2.75) is 17.9 Å². The first-order valence-corrected chi connectivity index (χ1v) is 11.3. The molecule has 0 spiro atoms. The van der Waals surface area contributed by atoms with Crippen LogP contribution in [0.25, 0.3) is 0 Å². The van der Waals surface area contributed by atoms with E-state index in [0.29, 0.717) is 5.56 Å². The maximum atomic E-state index is 12.1. The summed E-state index contributed by atoms with van der Waals surface area (Å²) in [7, 11) is -3.73. The zero-order valence-electron chi connectivity index (χ0n) is 15.8. The lowest BCUT2D eigenvalue weighted by atomic mass is 10.2. The van der Waals surface area contributed by atoms with Gasteiger partial charge in [0.2, 0.25) is 5.91 Å². The molecule has 0 radical (unpaired) electrons. The number of amidine groups is 1. The zero-order valence-corrected chi connectivity index (χ0v) is 17.4. The first-order chi connectivity index (χ1) is 14.2. The number of hydrogen-bond donors (Lipinski definition) is 2. The lowest BCUT2D eigenvalue weighted by molar-refractivity contribution is -0.149. The van der Waals surface area contributed by atoms with E-state index in [0.717, 1.165) is 16.7 Å². The van der Waals surface area contributed by atoms with Crippen molar-refractivity contribution in [3.63, 3.8) is 0 Å². The second-order valence-corrected chi connectivity index (χ2v) is 8.89. The molecule has 1 fully saturated rings. The average Bonchev–Trinajstić information content (AvgIpc) is 3.16. The van der Waals surface area contributed by atoms with Crippen LogP contribution in [0.3, 0.4) is 0 Å². The van der Waals surface area contributed by atoms with Gasteiger partial charge in [0.15, 0.2) is 6.61 Å². The summed E-state index contributed by atoms with van der Waals surface area (Å²) in [4.78, 5) is 51.9. The molecular formula is C17H18N4O7S2. The van der Waals surface area contributed by atoms with Crippen molar-refractivity contribution in [2.24, 2.45) is 4.99 Å². The third-order valence-electron chi connectivity index (χ3n) is 4.17. The van der Waals surface area contributed by atoms with Gasteiger partial charge < -0.3 is 10.1 Å². The highest BCUT2D eigenvalue weighted by Crippen LogP contribution is 2.22. The number of aliphatic imine (C=N–C) groups is 1. The molecule has 2 heterocycles. The molecule has 3 amide bonds. The van der Waals surface area contributed by atoms with E-state index in [1.807, 2.05) is 0 Å². The van der Waals surface area contributed by atoms with Crippen LogP contribution in [0.5, 0.6) is 0 Å². The van der Waals surface area contributed by atoms with Crippen LogP contribution in [0.2, 0.25) is 0 Å². The van der Waals surface area contributed by atoms with Crippen LogP contribution in [0.4, 0.5) is 4.79 Å². The molecule has 11 nitrogen and oxygen atoms in total. The standard InChI is InChI=1S/C17H18N4O7S2/c1-10(19-15-11-4-2-3-5-12(11)30(26,27)20-15)16(24)28-8-13(22)18-6-7-21-14(23)9-29-17(21)25/h2-5,10H,6-9H2,1H3,(H,18,22)(H,19,20). The minimum atomic E-state index is -3.73. The van der Waals surface area contributed by atoms with Crippen LogP contribution in [0.15, 0.2) is 34.2 Å². The predicted molar refractivity (Wildman–Crippen MR) is 106 cm³/mol. The van der Waals surface area contributed by atoms with E-state index in [9.17, 15) is 27.6 Å². The number of nitrogens with one attached hydrogen (secondary N) is 2. The maximum Gasteiger partial charge on any atom is 0.331 e. The summed E-state index contributed by atoms with van der Waals surface area (Å²) in [6.45, 7) is 0.899. The number of carbonyl (C=O) groups excluding carboxylic acids is 4. The molecule has 3 rings (SSSR count). The van der Waals surface area contributed by atoms with Gasteiger partial charge in [0.25, 0.3) is 21.2 Å². The van der Waals surface area contributed by atoms with Gasteiger partial charge in [0.1, 0.15) is 11.9 Å². The van der Waals surface area contributed by atoms with Crippen molar-refractivity contribution in [1.82, 2.24) is 14.9 Å². The lowest BCUT2D eigenvalue weighted by Crippen LogP contribution is -2.39. The Morgan fingerprint density at radius 3 is 2.77 bits per heavy atom. The molecule has 160 valence electrons. The zero-order chi connectivity index (χ0) is 21.9. The number of amides is 3. The predicted octanol–water partition coefficient (Wildman–Crippen LogP) is -0.532. The molecule has 1 unspecified atom stereocenters. The van der Waals surface area contributed by atoms with Crippen LogP contribution < -0.4 is 10.0 Å². The fraction of sp³-hybridized carbons (Fsp3) is 0.353. The van der Waals surface area contributed by atoms with Gasteiger partial charge in [-0.05, 0) is 19.1 Å². The van der Waals surface area contributed by atoms with Crippen LogP contribution in [-0.4, -0.2) is 73.7 Å². The van der Waals surface area contributed by atoms with Gasteiger partial charge in [-0.3, -0.25) is 29.0 Å². The highest BCUT2D eigenvalue weighted by Gasteiger charge is 2.31. The summed E-state index contributed by atoms with van der Waals surface area (Å²) < 4.78 is 31.3. The third-order valence-corrected chi connectivity index (χ3v) is 6.43. The number of hydrogen-bond acceptors (Lipinski definition) is 9. The van der Waals surface area contributed by atoms with E-state index in [2.05, 4.69) is 15.0 Å². The lowest BCUT2D eigenvalue weighted by Gasteiger charge is -2.13. The Hall–Kier alpha value is -2.93. The number of esters is 1. The van der Waals surface area contributed by atoms with Gasteiger partial charge in [0.05, 0.1) is 10.6 Å². The van der Waals surface area contributed by atoms with Crippen LogP contribution >= 0.6 is 11.8 Å². The second-order valence-electron chi connectivity index (χ2n) is 6.31. The molecule has 2 aliphatic heterocycles. The van der Waals surface area contributed by atoms with Crippen molar-refractivity contribution < 1.29 is 32.3 Å². The molecule has 13 heteroatoms. The van der Waals surface area contributed by atoms with E-state index < -0.39 is 34.5 Å².